The van der Waals surface area contributed by atoms with Crippen LogP contribution in [0.5, 0.6) is 0 Å². The van der Waals surface area contributed by atoms with E-state index < -0.39 is 5.97 Å². The molecule has 0 bridgehead atoms. The van der Waals surface area contributed by atoms with Crippen LogP contribution in [0.1, 0.15) is 23.7 Å². The van der Waals surface area contributed by atoms with Gasteiger partial charge in [0.15, 0.2) is 0 Å². The van der Waals surface area contributed by atoms with Crippen molar-refractivity contribution in [1.29, 1.82) is 0 Å². The highest BCUT2D eigenvalue weighted by molar-refractivity contribution is 7.80. The van der Waals surface area contributed by atoms with Crippen LogP contribution in [0.25, 0.3) is 0 Å². The van der Waals surface area contributed by atoms with E-state index in [1.165, 1.54) is 0 Å². The van der Waals surface area contributed by atoms with Crippen LogP contribution in [0.3, 0.4) is 0 Å². The first-order valence-electron chi connectivity index (χ1n) is 6.54. The summed E-state index contributed by atoms with van der Waals surface area (Å²) in [4.78, 5) is 25.4. The molecule has 1 aromatic carbocycles. The molecule has 1 atom stereocenters. The molecule has 6 heteroatoms. The lowest BCUT2D eigenvalue weighted by molar-refractivity contribution is -0.117. The molecule has 1 unspecified atom stereocenters. The van der Waals surface area contributed by atoms with Crippen LogP contribution in [0.2, 0.25) is 0 Å². The third-order valence-electron chi connectivity index (χ3n) is 3.30. The zero-order valence-corrected chi connectivity index (χ0v) is 12.2. The molecule has 20 heavy (non-hydrogen) atoms. The van der Waals surface area contributed by atoms with Crippen molar-refractivity contribution in [3.05, 3.63) is 23.8 Å². The molecule has 1 aliphatic rings. The molecule has 1 fully saturated rings. The first-order chi connectivity index (χ1) is 9.56. The summed E-state index contributed by atoms with van der Waals surface area (Å²) in [6.07, 6.45) is 0.465. The van der Waals surface area contributed by atoms with Gasteiger partial charge in [-0.3, -0.25) is 4.79 Å². The molecule has 2 rings (SSSR count). The second-order valence-electron chi connectivity index (χ2n) is 4.75. The van der Waals surface area contributed by atoms with Gasteiger partial charge in [-0.05, 0) is 36.8 Å². The number of hydrogen-bond donors (Lipinski definition) is 2. The Labute approximate surface area is 123 Å². The Hall–Kier alpha value is -1.69. The molecule has 0 aromatic heterocycles. The monoisotopic (exact) mass is 294 g/mol. The summed E-state index contributed by atoms with van der Waals surface area (Å²) in [6, 6.07) is 4.85. The first-order valence-corrected chi connectivity index (χ1v) is 7.18. The molecule has 1 heterocycles. The van der Waals surface area contributed by atoms with Crippen molar-refractivity contribution in [2.24, 2.45) is 5.92 Å². The number of nitrogens with zero attached hydrogens (tertiary/aromatic N) is 1. The molecule has 0 spiro atoms. The zero-order valence-electron chi connectivity index (χ0n) is 11.3. The van der Waals surface area contributed by atoms with Crippen molar-refractivity contribution >= 4 is 35.9 Å². The van der Waals surface area contributed by atoms with E-state index in [1.54, 1.807) is 30.0 Å². The fourth-order valence-electron chi connectivity index (χ4n) is 2.26. The minimum Gasteiger partial charge on any atom is -0.462 e. The second kappa shape index (κ2) is 6.17. The number of thiol groups is 1. The van der Waals surface area contributed by atoms with E-state index in [1.807, 2.05) is 0 Å². The number of benzene rings is 1. The predicted octanol–water partition coefficient (Wildman–Crippen LogP) is 1.73. The van der Waals surface area contributed by atoms with Gasteiger partial charge in [-0.25, -0.2) is 4.79 Å². The number of hydrogen-bond acceptors (Lipinski definition) is 5. The number of carbonyl (C=O) groups is 2. The number of nitrogens with two attached hydrogens (primary N) is 1. The molecule has 0 saturated carbocycles. The van der Waals surface area contributed by atoms with Gasteiger partial charge in [0.25, 0.3) is 0 Å². The third-order valence-corrected chi connectivity index (χ3v) is 3.81. The number of rotatable bonds is 4. The highest BCUT2D eigenvalue weighted by Gasteiger charge is 2.31. The van der Waals surface area contributed by atoms with Crippen molar-refractivity contribution < 1.29 is 14.3 Å². The molecular weight excluding hydrogens is 276 g/mol. The lowest BCUT2D eigenvalue weighted by atomic mass is 10.1. The Morgan fingerprint density at radius 1 is 1.55 bits per heavy atom. The van der Waals surface area contributed by atoms with Gasteiger partial charge in [0.2, 0.25) is 5.91 Å². The minimum atomic E-state index is -0.411. The molecule has 108 valence electrons. The molecule has 5 nitrogen and oxygen atoms in total. The fraction of sp³-hybridized carbons (Fsp3) is 0.429. The second-order valence-corrected chi connectivity index (χ2v) is 5.12. The standard InChI is InChI=1S/C14H18N2O3S/c1-2-19-14(18)10-3-4-11(15)12(6-10)16-7-9(8-20)5-13(16)17/h3-4,6,9,20H,2,5,7-8,15H2,1H3. The Bertz CT molecular complexity index is 533. The number of esters is 1. The Balaban J connectivity index is 2.29. The average Bonchev–Trinajstić information content (AvgIpc) is 2.81. The quantitative estimate of drug-likeness (QED) is 0.504. The summed E-state index contributed by atoms with van der Waals surface area (Å²) in [7, 11) is 0. The largest absolute Gasteiger partial charge is 0.462 e. The van der Waals surface area contributed by atoms with Gasteiger partial charge >= 0.3 is 5.97 Å². The van der Waals surface area contributed by atoms with Crippen LogP contribution in [0.4, 0.5) is 11.4 Å². The molecule has 1 saturated heterocycles. The highest BCUT2D eigenvalue weighted by Crippen LogP contribution is 2.31. The number of carbonyl (C=O) groups excluding carboxylic acids is 2. The minimum absolute atomic E-state index is 0.0109. The van der Waals surface area contributed by atoms with E-state index in [0.29, 0.717) is 42.3 Å². The van der Waals surface area contributed by atoms with Gasteiger partial charge in [-0.1, -0.05) is 0 Å². The molecule has 0 aliphatic carbocycles. The van der Waals surface area contributed by atoms with Crippen molar-refractivity contribution in [2.75, 3.05) is 29.5 Å². The Morgan fingerprint density at radius 2 is 2.30 bits per heavy atom. The molecule has 2 N–H and O–H groups in total. The third kappa shape index (κ3) is 2.90. The van der Waals surface area contributed by atoms with Crippen molar-refractivity contribution in [2.45, 2.75) is 13.3 Å². The van der Waals surface area contributed by atoms with Crippen molar-refractivity contribution in [3.8, 4) is 0 Å². The predicted molar refractivity (Wildman–Crippen MR) is 81.1 cm³/mol. The maximum Gasteiger partial charge on any atom is 0.338 e. The van der Waals surface area contributed by atoms with E-state index in [9.17, 15) is 9.59 Å². The number of ether oxygens (including phenoxy) is 1. The molecule has 1 aliphatic heterocycles. The summed E-state index contributed by atoms with van der Waals surface area (Å²) < 4.78 is 4.96. The van der Waals surface area contributed by atoms with E-state index in [0.717, 1.165) is 0 Å². The zero-order chi connectivity index (χ0) is 14.7. The SMILES string of the molecule is CCOC(=O)c1ccc(N)c(N2CC(CS)CC2=O)c1. The van der Waals surface area contributed by atoms with Crippen LogP contribution in [0, 0.1) is 5.92 Å². The first kappa shape index (κ1) is 14.7. The molecule has 0 radical (unpaired) electrons. The van der Waals surface area contributed by atoms with E-state index >= 15 is 0 Å². The van der Waals surface area contributed by atoms with Gasteiger partial charge in [0, 0.05) is 13.0 Å². The van der Waals surface area contributed by atoms with Crippen LogP contribution in [-0.2, 0) is 9.53 Å². The molecule has 1 aromatic rings. The van der Waals surface area contributed by atoms with Gasteiger partial charge < -0.3 is 15.4 Å². The van der Waals surface area contributed by atoms with Crippen LogP contribution >= 0.6 is 12.6 Å². The van der Waals surface area contributed by atoms with Crippen LogP contribution in [0.15, 0.2) is 18.2 Å². The topological polar surface area (TPSA) is 72.6 Å². The fourth-order valence-corrected chi connectivity index (χ4v) is 2.50. The summed E-state index contributed by atoms with van der Waals surface area (Å²) >= 11 is 4.23. The smallest absolute Gasteiger partial charge is 0.338 e. The van der Waals surface area contributed by atoms with Crippen LogP contribution in [-0.4, -0.2) is 30.8 Å². The maximum absolute atomic E-state index is 12.0. The lowest BCUT2D eigenvalue weighted by Gasteiger charge is -2.19. The molecule has 1 amide bonds. The van der Waals surface area contributed by atoms with Crippen LogP contribution < -0.4 is 10.6 Å². The summed E-state index contributed by atoms with van der Waals surface area (Å²) in [6.45, 7) is 2.64. The number of anilines is 2. The van der Waals surface area contributed by atoms with E-state index in [2.05, 4.69) is 12.6 Å². The number of amides is 1. The summed E-state index contributed by atoms with van der Waals surface area (Å²) in [5.74, 6) is 0.471. The average molecular weight is 294 g/mol. The Morgan fingerprint density at radius 3 is 2.90 bits per heavy atom. The summed E-state index contributed by atoms with van der Waals surface area (Å²) in [5, 5.41) is 0. The summed E-state index contributed by atoms with van der Waals surface area (Å²) in [5.41, 5.74) is 7.38. The normalized spacial score (nSPS) is 18.4. The van der Waals surface area contributed by atoms with Gasteiger partial charge in [-0.2, -0.15) is 12.6 Å². The van der Waals surface area contributed by atoms with Crippen molar-refractivity contribution in [1.82, 2.24) is 0 Å². The number of nitrogen functional groups attached to an aromatic ring is 1. The van der Waals surface area contributed by atoms with Gasteiger partial charge in [-0.15, -0.1) is 0 Å². The molecular formula is C14H18N2O3S. The maximum atomic E-state index is 12.0. The van der Waals surface area contributed by atoms with Crippen molar-refractivity contribution in [3.63, 3.8) is 0 Å². The Kier molecular flexibility index (Phi) is 4.54. The highest BCUT2D eigenvalue weighted by atomic mass is 32.1. The van der Waals surface area contributed by atoms with E-state index in [4.69, 9.17) is 10.5 Å². The van der Waals surface area contributed by atoms with Gasteiger partial charge in [0.1, 0.15) is 0 Å². The van der Waals surface area contributed by atoms with Gasteiger partial charge in [0.05, 0.1) is 23.5 Å². The lowest BCUT2D eigenvalue weighted by Crippen LogP contribution is -2.26. The van der Waals surface area contributed by atoms with E-state index in [-0.39, 0.29) is 11.8 Å².